The second-order valence-corrected chi connectivity index (χ2v) is 15.1. The smallest absolute Gasteiger partial charge is 0.146 e. The highest BCUT2D eigenvalue weighted by molar-refractivity contribution is 6.32. The van der Waals surface area contributed by atoms with Gasteiger partial charge in [-0.25, -0.2) is 4.98 Å². The minimum atomic E-state index is 1.00. The van der Waals surface area contributed by atoms with E-state index in [1.54, 1.807) is 0 Å². The molecule has 8 aromatic carbocycles. The van der Waals surface area contributed by atoms with E-state index in [2.05, 4.69) is 183 Å². The van der Waals surface area contributed by atoms with Gasteiger partial charge in [-0.05, 0) is 64.9 Å². The third-order valence-corrected chi connectivity index (χ3v) is 12.4. The van der Waals surface area contributed by atoms with Crippen LogP contribution in [0.15, 0.2) is 170 Å². The predicted octanol–water partition coefficient (Wildman–Crippen LogP) is 13.3. The van der Waals surface area contributed by atoms with Crippen molar-refractivity contribution in [2.45, 2.75) is 0 Å². The quantitative estimate of drug-likeness (QED) is 0.177. The lowest BCUT2D eigenvalue weighted by atomic mass is 9.95. The maximum atomic E-state index is 5.70. The maximum Gasteiger partial charge on any atom is 0.146 e. The Balaban J connectivity index is 1.16. The molecule has 14 rings (SSSR count). The summed E-state index contributed by atoms with van der Waals surface area (Å²) in [5.41, 5.74) is 14.1. The zero-order chi connectivity index (χ0) is 35.5. The zero-order valence-electron chi connectivity index (χ0n) is 29.5. The summed E-state index contributed by atoms with van der Waals surface area (Å²) in [6, 6.07) is 62.5. The number of fused-ring (bicyclic) bond motifs is 17. The van der Waals surface area contributed by atoms with Crippen molar-refractivity contribution in [1.82, 2.24) is 18.4 Å². The van der Waals surface area contributed by atoms with Crippen molar-refractivity contribution >= 4 is 109 Å². The van der Waals surface area contributed by atoms with Crippen molar-refractivity contribution in [3.05, 3.63) is 170 Å². The van der Waals surface area contributed by atoms with Gasteiger partial charge in [0.1, 0.15) is 5.65 Å². The molecule has 4 heteroatoms. The molecule has 0 bridgehead atoms. The Bertz CT molecular complexity index is 3940. The molecule has 0 amide bonds. The molecule has 6 aromatic heterocycles. The summed E-state index contributed by atoms with van der Waals surface area (Å²) in [7, 11) is 0. The number of benzene rings is 8. The lowest BCUT2D eigenvalue weighted by Crippen LogP contribution is -1.93. The molecule has 0 spiro atoms. The van der Waals surface area contributed by atoms with Crippen LogP contribution in [-0.2, 0) is 0 Å². The number of nitrogens with zero attached hydrogens (tertiary/aromatic N) is 4. The van der Waals surface area contributed by atoms with Crippen molar-refractivity contribution in [3.8, 4) is 16.8 Å². The first kappa shape index (κ1) is 28.1. The Morgan fingerprint density at radius 2 is 1.00 bits per heavy atom. The van der Waals surface area contributed by atoms with E-state index in [0.717, 1.165) is 16.7 Å². The molecule has 0 saturated carbocycles. The van der Waals surface area contributed by atoms with E-state index in [-0.39, 0.29) is 0 Å². The highest BCUT2D eigenvalue weighted by Crippen LogP contribution is 2.47. The minimum Gasteiger partial charge on any atom is -0.309 e. The molecular weight excluding hydrogens is 669 g/mol. The van der Waals surface area contributed by atoms with Crippen LogP contribution in [0.25, 0.3) is 126 Å². The van der Waals surface area contributed by atoms with Gasteiger partial charge in [0.15, 0.2) is 0 Å². The molecule has 0 aliphatic heterocycles. The number of para-hydroxylation sites is 5. The zero-order valence-corrected chi connectivity index (χ0v) is 29.5. The van der Waals surface area contributed by atoms with Gasteiger partial charge in [-0.15, -0.1) is 0 Å². The molecule has 0 N–H and O–H groups in total. The van der Waals surface area contributed by atoms with Gasteiger partial charge in [-0.2, -0.15) is 0 Å². The number of rotatable bonds is 2. The van der Waals surface area contributed by atoms with Crippen molar-refractivity contribution in [2.24, 2.45) is 0 Å². The first-order valence-corrected chi connectivity index (χ1v) is 19.0. The minimum absolute atomic E-state index is 1.00. The topological polar surface area (TPSA) is 26.6 Å². The van der Waals surface area contributed by atoms with Crippen LogP contribution in [0, 0.1) is 0 Å². The van der Waals surface area contributed by atoms with E-state index < -0.39 is 0 Å². The van der Waals surface area contributed by atoms with Gasteiger partial charge in [-0.3, -0.25) is 4.40 Å². The molecule has 6 heterocycles. The Labute approximate surface area is 313 Å². The van der Waals surface area contributed by atoms with Crippen LogP contribution < -0.4 is 0 Å². The average molecular weight is 697 g/mol. The summed E-state index contributed by atoms with van der Waals surface area (Å²) in [5.74, 6) is 0. The fraction of sp³-hybridized carbons (Fsp3) is 0. The molecule has 55 heavy (non-hydrogen) atoms. The molecular formula is C51H28N4. The van der Waals surface area contributed by atoms with Crippen LogP contribution in [0.5, 0.6) is 0 Å². The largest absolute Gasteiger partial charge is 0.309 e. The lowest BCUT2D eigenvalue weighted by Gasteiger charge is -2.11. The second-order valence-electron chi connectivity index (χ2n) is 15.1. The summed E-state index contributed by atoms with van der Waals surface area (Å²) in [4.78, 5) is 5.70. The number of hydrogen-bond acceptors (Lipinski definition) is 1. The lowest BCUT2D eigenvalue weighted by molar-refractivity contribution is 1.18. The van der Waals surface area contributed by atoms with Gasteiger partial charge in [0, 0.05) is 59.7 Å². The molecule has 14 aromatic rings. The van der Waals surface area contributed by atoms with Crippen molar-refractivity contribution in [1.29, 1.82) is 0 Å². The van der Waals surface area contributed by atoms with Crippen LogP contribution >= 0.6 is 0 Å². The molecule has 0 aliphatic carbocycles. The van der Waals surface area contributed by atoms with Gasteiger partial charge in [0.2, 0.25) is 0 Å². The van der Waals surface area contributed by atoms with Gasteiger partial charge in [-0.1, -0.05) is 121 Å². The highest BCUT2D eigenvalue weighted by atomic mass is 15.0. The molecule has 0 saturated heterocycles. The van der Waals surface area contributed by atoms with Gasteiger partial charge in [0.25, 0.3) is 0 Å². The summed E-state index contributed by atoms with van der Waals surface area (Å²) in [5, 5.41) is 13.7. The van der Waals surface area contributed by atoms with Gasteiger partial charge >= 0.3 is 0 Å². The number of aromatic nitrogens is 4. The van der Waals surface area contributed by atoms with Gasteiger partial charge in [0.05, 0.1) is 44.1 Å². The average Bonchev–Trinajstić information content (AvgIpc) is 4.03. The first-order valence-electron chi connectivity index (χ1n) is 19.0. The van der Waals surface area contributed by atoms with Crippen LogP contribution in [0.1, 0.15) is 0 Å². The first-order chi connectivity index (χ1) is 27.3. The third-order valence-electron chi connectivity index (χ3n) is 12.4. The number of pyridine rings is 1. The summed E-state index contributed by atoms with van der Waals surface area (Å²) in [6.07, 6.45) is 0. The van der Waals surface area contributed by atoms with Crippen molar-refractivity contribution in [3.63, 3.8) is 0 Å². The van der Waals surface area contributed by atoms with Crippen molar-refractivity contribution < 1.29 is 0 Å². The Morgan fingerprint density at radius 3 is 1.85 bits per heavy atom. The normalized spacial score (nSPS) is 12.7. The van der Waals surface area contributed by atoms with Gasteiger partial charge < -0.3 is 8.97 Å². The van der Waals surface area contributed by atoms with Crippen LogP contribution in [-0.4, -0.2) is 18.4 Å². The molecule has 0 atom stereocenters. The summed E-state index contributed by atoms with van der Waals surface area (Å²) in [6.45, 7) is 0. The summed E-state index contributed by atoms with van der Waals surface area (Å²) >= 11 is 0. The summed E-state index contributed by atoms with van der Waals surface area (Å²) < 4.78 is 7.32. The molecule has 0 radical (unpaired) electrons. The van der Waals surface area contributed by atoms with E-state index in [4.69, 9.17) is 4.98 Å². The van der Waals surface area contributed by atoms with Crippen LogP contribution in [0.4, 0.5) is 0 Å². The third kappa shape index (κ3) is 3.33. The van der Waals surface area contributed by atoms with E-state index >= 15 is 0 Å². The second kappa shape index (κ2) is 9.75. The van der Waals surface area contributed by atoms with E-state index in [1.165, 1.54) is 109 Å². The standard InChI is InChI=1S/C51H28N4/c1-2-13-31(14-3-1)53-42-22-8-7-17-34(42)40-27-30(24-25-44(40)53)39-26-29-12-4-5-15-32(29)46-37-20-10-19-36-41-28-45-47(52-51(41)55(48(36)37)50(39)46)38-21-11-18-35-33-16-6-9-23-43(33)54(45)49(35)38/h1-28H. The highest BCUT2D eigenvalue weighted by Gasteiger charge is 2.26. The maximum absolute atomic E-state index is 5.70. The molecule has 4 nitrogen and oxygen atoms in total. The fourth-order valence-corrected chi connectivity index (χ4v) is 10.3. The Kier molecular flexibility index (Phi) is 4.99. The van der Waals surface area contributed by atoms with E-state index in [9.17, 15) is 0 Å². The van der Waals surface area contributed by atoms with Crippen LogP contribution in [0.3, 0.4) is 0 Å². The van der Waals surface area contributed by atoms with E-state index in [0.29, 0.717) is 0 Å². The monoisotopic (exact) mass is 696 g/mol. The Hall–Kier alpha value is -7.43. The van der Waals surface area contributed by atoms with Crippen molar-refractivity contribution in [2.75, 3.05) is 0 Å². The fourth-order valence-electron chi connectivity index (χ4n) is 10.3. The molecule has 0 unspecified atom stereocenters. The van der Waals surface area contributed by atoms with Crippen LogP contribution in [0.2, 0.25) is 0 Å². The molecule has 0 fully saturated rings. The predicted molar refractivity (Wildman–Crippen MR) is 231 cm³/mol. The molecule has 0 aliphatic rings. The SMILES string of the molecule is c1ccc(-n2c3ccccc3c3cc(-c4cc5ccccc5c5c6cccc7c8cc9c(nc8n(c45)c76)c4cccc5c6ccccc6n9c54)ccc32)cc1. The number of hydrogen-bond donors (Lipinski definition) is 0. The molecule has 252 valence electrons. The van der Waals surface area contributed by atoms with E-state index in [1.807, 2.05) is 0 Å². The Morgan fingerprint density at radius 1 is 0.364 bits per heavy atom.